The third kappa shape index (κ3) is 3.49. The average Bonchev–Trinajstić information content (AvgIpc) is 2.40. The number of amides is 1. The van der Waals surface area contributed by atoms with E-state index in [-0.39, 0.29) is 11.3 Å². The quantitative estimate of drug-likeness (QED) is 0.498. The lowest BCUT2D eigenvalue weighted by Crippen LogP contribution is -2.39. The third-order valence-corrected chi connectivity index (χ3v) is 2.78. The van der Waals surface area contributed by atoms with Crippen LogP contribution < -0.4 is 11.1 Å². The van der Waals surface area contributed by atoms with Gasteiger partial charge in [-0.3, -0.25) is 4.79 Å². The lowest BCUT2D eigenvalue weighted by molar-refractivity contribution is -0.126. The summed E-state index contributed by atoms with van der Waals surface area (Å²) in [7, 11) is 0. The molecule has 3 N–H and O–H groups in total. The standard InChI is InChI=1S/C13H14F4N2O/c1-3-7-4-10(18)9(14)5-8(7)6(2)13(20)19-12(17)11(15)16/h3-6,11-12H,1,18H2,2H3,(H,19,20). The van der Waals surface area contributed by atoms with Crippen molar-refractivity contribution in [2.45, 2.75) is 25.6 Å². The van der Waals surface area contributed by atoms with Gasteiger partial charge in [0.2, 0.25) is 12.2 Å². The zero-order valence-electron chi connectivity index (χ0n) is 10.7. The normalized spacial score (nSPS) is 13.9. The van der Waals surface area contributed by atoms with Crippen LogP contribution in [0.2, 0.25) is 0 Å². The molecule has 0 aliphatic rings. The van der Waals surface area contributed by atoms with Gasteiger partial charge < -0.3 is 11.1 Å². The Morgan fingerprint density at radius 3 is 2.50 bits per heavy atom. The molecule has 7 heteroatoms. The fourth-order valence-electron chi connectivity index (χ4n) is 1.64. The number of nitrogens with two attached hydrogens (primary N) is 1. The van der Waals surface area contributed by atoms with E-state index in [0.717, 1.165) is 6.07 Å². The van der Waals surface area contributed by atoms with Gasteiger partial charge in [0.1, 0.15) is 5.82 Å². The number of benzene rings is 1. The molecule has 1 aromatic carbocycles. The number of halogens is 4. The predicted octanol–water partition coefficient (Wildman–Crippen LogP) is 2.83. The minimum absolute atomic E-state index is 0.132. The average molecular weight is 290 g/mol. The van der Waals surface area contributed by atoms with Crippen molar-refractivity contribution in [1.82, 2.24) is 5.32 Å². The molecule has 110 valence electrons. The first-order valence-electron chi connectivity index (χ1n) is 5.71. The number of alkyl halides is 3. The Morgan fingerprint density at radius 2 is 2.00 bits per heavy atom. The fourth-order valence-corrected chi connectivity index (χ4v) is 1.64. The Labute approximate surface area is 113 Å². The van der Waals surface area contributed by atoms with Crippen LogP contribution in [0.3, 0.4) is 0 Å². The number of anilines is 1. The summed E-state index contributed by atoms with van der Waals surface area (Å²) in [6.07, 6.45) is -4.75. The summed E-state index contributed by atoms with van der Waals surface area (Å²) in [5.74, 6) is -2.77. The summed E-state index contributed by atoms with van der Waals surface area (Å²) in [5.41, 5.74) is 5.81. The minimum Gasteiger partial charge on any atom is -0.396 e. The fraction of sp³-hybridized carbons (Fsp3) is 0.308. The second kappa shape index (κ2) is 6.40. The Bertz CT molecular complexity index is 519. The highest BCUT2D eigenvalue weighted by molar-refractivity contribution is 5.85. The summed E-state index contributed by atoms with van der Waals surface area (Å²) < 4.78 is 50.3. The van der Waals surface area contributed by atoms with Crippen molar-refractivity contribution in [3.05, 3.63) is 35.7 Å². The first kappa shape index (κ1) is 16.0. The van der Waals surface area contributed by atoms with Crippen molar-refractivity contribution in [1.29, 1.82) is 0 Å². The lowest BCUT2D eigenvalue weighted by Gasteiger charge is -2.17. The molecule has 0 aliphatic heterocycles. The van der Waals surface area contributed by atoms with Crippen molar-refractivity contribution >= 4 is 17.7 Å². The topological polar surface area (TPSA) is 55.1 Å². The van der Waals surface area contributed by atoms with Crippen LogP contribution >= 0.6 is 0 Å². The van der Waals surface area contributed by atoms with Crippen molar-refractivity contribution in [3.63, 3.8) is 0 Å². The van der Waals surface area contributed by atoms with E-state index in [1.54, 1.807) is 0 Å². The van der Waals surface area contributed by atoms with Gasteiger partial charge in [0.05, 0.1) is 11.6 Å². The van der Waals surface area contributed by atoms with Gasteiger partial charge in [0.25, 0.3) is 6.43 Å². The van der Waals surface area contributed by atoms with Crippen molar-refractivity contribution in [2.24, 2.45) is 0 Å². The van der Waals surface area contributed by atoms with E-state index in [1.165, 1.54) is 24.4 Å². The van der Waals surface area contributed by atoms with Crippen LogP contribution in [0.4, 0.5) is 23.2 Å². The van der Waals surface area contributed by atoms with Gasteiger partial charge in [-0.05, 0) is 30.2 Å². The zero-order chi connectivity index (χ0) is 15.4. The maximum absolute atomic E-state index is 13.4. The molecule has 0 fully saturated rings. The molecule has 0 aromatic heterocycles. The monoisotopic (exact) mass is 290 g/mol. The molecule has 3 nitrogen and oxygen atoms in total. The highest BCUT2D eigenvalue weighted by Gasteiger charge is 2.26. The SMILES string of the molecule is C=Cc1cc(N)c(F)cc1C(C)C(=O)NC(F)C(F)F. The van der Waals surface area contributed by atoms with E-state index in [0.29, 0.717) is 5.56 Å². The molecule has 20 heavy (non-hydrogen) atoms. The number of nitrogens with one attached hydrogen (secondary N) is 1. The number of carbonyl (C=O) groups is 1. The zero-order valence-corrected chi connectivity index (χ0v) is 10.7. The van der Waals surface area contributed by atoms with Crippen LogP contribution in [-0.2, 0) is 4.79 Å². The molecule has 2 unspecified atom stereocenters. The van der Waals surface area contributed by atoms with E-state index >= 15 is 0 Å². The second-order valence-corrected chi connectivity index (χ2v) is 4.17. The maximum Gasteiger partial charge on any atom is 0.287 e. The highest BCUT2D eigenvalue weighted by Crippen LogP contribution is 2.26. The molecule has 1 aromatic rings. The molecule has 0 saturated carbocycles. The highest BCUT2D eigenvalue weighted by atomic mass is 19.3. The van der Waals surface area contributed by atoms with Crippen LogP contribution in [0.5, 0.6) is 0 Å². The molecule has 0 saturated heterocycles. The summed E-state index contributed by atoms with van der Waals surface area (Å²) in [4.78, 5) is 11.7. The van der Waals surface area contributed by atoms with Crippen LogP contribution in [0, 0.1) is 5.82 Å². The van der Waals surface area contributed by atoms with Gasteiger partial charge in [-0.2, -0.15) is 0 Å². The van der Waals surface area contributed by atoms with E-state index in [2.05, 4.69) is 6.58 Å². The van der Waals surface area contributed by atoms with Gasteiger partial charge in [0.15, 0.2) is 0 Å². The van der Waals surface area contributed by atoms with Crippen molar-refractivity contribution in [2.75, 3.05) is 5.73 Å². The first-order valence-corrected chi connectivity index (χ1v) is 5.71. The van der Waals surface area contributed by atoms with E-state index in [9.17, 15) is 22.4 Å². The van der Waals surface area contributed by atoms with Gasteiger partial charge in [-0.25, -0.2) is 17.6 Å². The second-order valence-electron chi connectivity index (χ2n) is 4.17. The van der Waals surface area contributed by atoms with Crippen LogP contribution in [0.1, 0.15) is 24.0 Å². The first-order chi connectivity index (χ1) is 9.27. The summed E-state index contributed by atoms with van der Waals surface area (Å²) in [6.45, 7) is 4.83. The number of hydrogen-bond donors (Lipinski definition) is 2. The smallest absolute Gasteiger partial charge is 0.287 e. The van der Waals surface area contributed by atoms with E-state index in [4.69, 9.17) is 5.73 Å². The summed E-state index contributed by atoms with van der Waals surface area (Å²) in [6, 6.07) is 2.27. The summed E-state index contributed by atoms with van der Waals surface area (Å²) >= 11 is 0. The largest absolute Gasteiger partial charge is 0.396 e. The van der Waals surface area contributed by atoms with Crippen LogP contribution in [-0.4, -0.2) is 18.6 Å². The molecule has 2 atom stereocenters. The van der Waals surface area contributed by atoms with E-state index in [1.807, 2.05) is 0 Å². The van der Waals surface area contributed by atoms with E-state index < -0.39 is 30.4 Å². The molecule has 0 spiro atoms. The number of hydrogen-bond acceptors (Lipinski definition) is 2. The molecule has 0 radical (unpaired) electrons. The van der Waals surface area contributed by atoms with Gasteiger partial charge in [-0.1, -0.05) is 12.7 Å². The molecule has 0 aliphatic carbocycles. The number of carbonyl (C=O) groups excluding carboxylic acids is 1. The Hall–Kier alpha value is -2.05. The molecule has 1 rings (SSSR count). The van der Waals surface area contributed by atoms with Crippen LogP contribution in [0.15, 0.2) is 18.7 Å². The Balaban J connectivity index is 3.02. The molecule has 0 bridgehead atoms. The van der Waals surface area contributed by atoms with Crippen molar-refractivity contribution in [3.8, 4) is 0 Å². The molecule has 0 heterocycles. The lowest BCUT2D eigenvalue weighted by atomic mass is 9.94. The molecule has 1 amide bonds. The van der Waals surface area contributed by atoms with Gasteiger partial charge >= 0.3 is 0 Å². The number of nitrogen functional groups attached to an aromatic ring is 1. The van der Waals surface area contributed by atoms with Crippen LogP contribution in [0.25, 0.3) is 6.08 Å². The molecular weight excluding hydrogens is 276 g/mol. The third-order valence-electron chi connectivity index (χ3n) is 2.78. The number of rotatable bonds is 5. The maximum atomic E-state index is 13.4. The van der Waals surface area contributed by atoms with Crippen molar-refractivity contribution < 1.29 is 22.4 Å². The Kier molecular flexibility index (Phi) is 5.12. The minimum atomic E-state index is -3.33. The molecular formula is C13H14F4N2O. The summed E-state index contributed by atoms with van der Waals surface area (Å²) in [5, 5.41) is 1.52. The Morgan fingerprint density at radius 1 is 1.40 bits per heavy atom. The van der Waals surface area contributed by atoms with Gasteiger partial charge in [0, 0.05) is 0 Å². The van der Waals surface area contributed by atoms with Gasteiger partial charge in [-0.15, -0.1) is 0 Å². The predicted molar refractivity (Wildman–Crippen MR) is 68.4 cm³/mol.